The largest absolute Gasteiger partial charge is 0.457 e. The lowest BCUT2D eigenvalue weighted by Crippen LogP contribution is -2.15. The topological polar surface area (TPSA) is 103 Å². The molecule has 1 saturated carbocycles. The number of nitrogens with one attached hydrogen (secondary N) is 1. The highest BCUT2D eigenvalue weighted by Crippen LogP contribution is 2.26. The van der Waals surface area contributed by atoms with E-state index in [0.29, 0.717) is 24.1 Å². The number of benzene rings is 1. The molecule has 1 aliphatic carbocycles. The quantitative estimate of drug-likeness (QED) is 0.778. The number of anilines is 3. The molecule has 0 atom stereocenters. The number of aromatic nitrogens is 3. The average Bonchev–Trinajstić information content (AvgIpc) is 2.61. The highest BCUT2D eigenvalue weighted by Gasteiger charge is 2.18. The summed E-state index contributed by atoms with van der Waals surface area (Å²) in [6, 6.07) is 9.51. The van der Waals surface area contributed by atoms with Crippen LogP contribution < -0.4 is 11.1 Å². The molecular weight excluding hydrogens is 318 g/mol. The van der Waals surface area contributed by atoms with Crippen molar-refractivity contribution in [2.24, 2.45) is 5.92 Å². The van der Waals surface area contributed by atoms with E-state index in [1.807, 2.05) is 30.3 Å². The highest BCUT2D eigenvalue weighted by atomic mass is 16.5. The Morgan fingerprint density at radius 3 is 2.64 bits per heavy atom. The van der Waals surface area contributed by atoms with Crippen LogP contribution >= 0.6 is 0 Å². The average molecular weight is 341 g/mol. The molecule has 0 radical (unpaired) electrons. The zero-order valence-corrected chi connectivity index (χ0v) is 14.1. The van der Waals surface area contributed by atoms with Crippen LogP contribution in [0.3, 0.4) is 0 Å². The Balaban J connectivity index is 1.55. The van der Waals surface area contributed by atoms with Crippen LogP contribution in [-0.2, 0) is 16.1 Å². The fourth-order valence-electron chi connectivity index (χ4n) is 3.04. The number of esters is 1. The van der Waals surface area contributed by atoms with Crippen LogP contribution in [0.25, 0.3) is 0 Å². The lowest BCUT2D eigenvalue weighted by Gasteiger charge is -2.20. The molecule has 7 heteroatoms. The molecule has 0 aliphatic heterocycles. The summed E-state index contributed by atoms with van der Waals surface area (Å²) in [5, 5.41) is 3.06. The fraction of sp³-hybridized carbons (Fsp3) is 0.444. The molecule has 0 spiro atoms. The van der Waals surface area contributed by atoms with Crippen molar-refractivity contribution in [2.45, 2.75) is 45.1 Å². The van der Waals surface area contributed by atoms with Gasteiger partial charge in [0, 0.05) is 12.1 Å². The maximum atomic E-state index is 12.0. The molecule has 1 aliphatic rings. The van der Waals surface area contributed by atoms with E-state index in [1.165, 1.54) is 19.3 Å². The third-order valence-electron chi connectivity index (χ3n) is 4.27. The van der Waals surface area contributed by atoms with Crippen LogP contribution in [0, 0.1) is 5.92 Å². The predicted molar refractivity (Wildman–Crippen MR) is 95.0 cm³/mol. The van der Waals surface area contributed by atoms with Gasteiger partial charge in [-0.05, 0) is 30.9 Å². The van der Waals surface area contributed by atoms with Crippen molar-refractivity contribution in [3.63, 3.8) is 0 Å². The van der Waals surface area contributed by atoms with Crippen molar-refractivity contribution < 1.29 is 9.53 Å². The molecule has 0 bridgehead atoms. The summed E-state index contributed by atoms with van der Waals surface area (Å²) in [7, 11) is 0. The summed E-state index contributed by atoms with van der Waals surface area (Å²) >= 11 is 0. The van der Waals surface area contributed by atoms with Gasteiger partial charge in [0.2, 0.25) is 11.9 Å². The van der Waals surface area contributed by atoms with Gasteiger partial charge in [-0.2, -0.15) is 15.0 Å². The minimum atomic E-state index is -0.205. The number of nitrogens with zero attached hydrogens (tertiary/aromatic N) is 3. The van der Waals surface area contributed by atoms with Crippen molar-refractivity contribution in [2.75, 3.05) is 11.1 Å². The summed E-state index contributed by atoms with van der Waals surface area (Å²) in [6.07, 6.45) is 6.37. The lowest BCUT2D eigenvalue weighted by molar-refractivity contribution is -0.146. The summed E-state index contributed by atoms with van der Waals surface area (Å²) in [4.78, 5) is 24.3. The molecule has 3 rings (SSSR count). The Kier molecular flexibility index (Phi) is 5.77. The van der Waals surface area contributed by atoms with Gasteiger partial charge in [-0.25, -0.2) is 0 Å². The summed E-state index contributed by atoms with van der Waals surface area (Å²) in [6.45, 7) is 0.00173. The first-order chi connectivity index (χ1) is 12.2. The highest BCUT2D eigenvalue weighted by molar-refractivity contribution is 5.69. The third kappa shape index (κ3) is 5.41. The van der Waals surface area contributed by atoms with Crippen molar-refractivity contribution in [3.05, 3.63) is 36.2 Å². The number of para-hydroxylation sites is 1. The molecule has 3 N–H and O–H groups in total. The molecule has 0 amide bonds. The van der Waals surface area contributed by atoms with Gasteiger partial charge in [0.1, 0.15) is 0 Å². The van der Waals surface area contributed by atoms with E-state index in [1.54, 1.807) is 0 Å². The second-order valence-electron chi connectivity index (χ2n) is 6.29. The zero-order chi connectivity index (χ0) is 17.5. The number of nitrogens with two attached hydrogens (primary N) is 1. The van der Waals surface area contributed by atoms with Gasteiger partial charge in [-0.1, -0.05) is 37.5 Å². The Hall–Kier alpha value is -2.70. The van der Waals surface area contributed by atoms with Crippen LogP contribution in [0.1, 0.15) is 44.3 Å². The van der Waals surface area contributed by atoms with E-state index in [4.69, 9.17) is 10.5 Å². The van der Waals surface area contributed by atoms with Crippen LogP contribution in [0.5, 0.6) is 0 Å². The van der Waals surface area contributed by atoms with Crippen molar-refractivity contribution in [3.8, 4) is 0 Å². The van der Waals surface area contributed by atoms with Gasteiger partial charge in [-0.15, -0.1) is 0 Å². The molecule has 132 valence electrons. The Morgan fingerprint density at radius 1 is 1.12 bits per heavy atom. The SMILES string of the molecule is Nc1nc(COC(=O)CC2CCCCC2)nc(Nc2ccccc2)n1. The van der Waals surface area contributed by atoms with E-state index in [9.17, 15) is 4.79 Å². The maximum Gasteiger partial charge on any atom is 0.306 e. The number of hydrogen-bond donors (Lipinski definition) is 2. The van der Waals surface area contributed by atoms with Crippen molar-refractivity contribution >= 4 is 23.6 Å². The molecular formula is C18H23N5O2. The smallest absolute Gasteiger partial charge is 0.306 e. The van der Waals surface area contributed by atoms with E-state index in [-0.39, 0.29) is 18.5 Å². The number of ether oxygens (including phenoxy) is 1. The van der Waals surface area contributed by atoms with E-state index >= 15 is 0 Å². The molecule has 0 unspecified atom stereocenters. The molecule has 2 aromatic rings. The molecule has 7 nitrogen and oxygen atoms in total. The number of nitrogen functional groups attached to an aromatic ring is 1. The van der Waals surface area contributed by atoms with Crippen molar-refractivity contribution in [1.82, 2.24) is 15.0 Å². The second-order valence-corrected chi connectivity index (χ2v) is 6.29. The monoisotopic (exact) mass is 341 g/mol. The first kappa shape index (κ1) is 17.1. The number of rotatable bonds is 6. The van der Waals surface area contributed by atoms with E-state index in [0.717, 1.165) is 18.5 Å². The van der Waals surface area contributed by atoms with Gasteiger partial charge in [-0.3, -0.25) is 4.79 Å². The first-order valence-corrected chi connectivity index (χ1v) is 8.67. The molecule has 1 fully saturated rings. The normalized spacial score (nSPS) is 14.9. The van der Waals surface area contributed by atoms with Gasteiger partial charge in [0.05, 0.1) is 0 Å². The molecule has 1 heterocycles. The van der Waals surface area contributed by atoms with Gasteiger partial charge in [0.25, 0.3) is 0 Å². The Bertz CT molecular complexity index is 702. The van der Waals surface area contributed by atoms with Crippen LogP contribution in [0.15, 0.2) is 30.3 Å². The second kappa shape index (κ2) is 8.41. The number of carbonyl (C=O) groups is 1. The maximum absolute atomic E-state index is 12.0. The third-order valence-corrected chi connectivity index (χ3v) is 4.27. The standard InChI is InChI=1S/C18H23N5O2/c19-17-21-15(12-25-16(24)11-13-7-3-1-4-8-13)22-18(23-17)20-14-9-5-2-6-10-14/h2,5-6,9-10,13H,1,3-4,7-8,11-12H2,(H3,19,20,21,22,23). The minimum absolute atomic E-state index is 0.00173. The lowest BCUT2D eigenvalue weighted by atomic mass is 9.87. The van der Waals surface area contributed by atoms with Crippen LogP contribution in [-0.4, -0.2) is 20.9 Å². The number of carbonyl (C=O) groups excluding carboxylic acids is 1. The first-order valence-electron chi connectivity index (χ1n) is 8.67. The van der Waals surface area contributed by atoms with Gasteiger partial charge >= 0.3 is 5.97 Å². The van der Waals surface area contributed by atoms with Crippen LogP contribution in [0.4, 0.5) is 17.6 Å². The molecule has 1 aromatic carbocycles. The molecule has 25 heavy (non-hydrogen) atoms. The summed E-state index contributed by atoms with van der Waals surface area (Å²) < 4.78 is 5.32. The molecule has 1 aromatic heterocycles. The summed E-state index contributed by atoms with van der Waals surface area (Å²) in [5.41, 5.74) is 6.57. The van der Waals surface area contributed by atoms with Gasteiger partial charge < -0.3 is 15.8 Å². The van der Waals surface area contributed by atoms with E-state index < -0.39 is 0 Å². The van der Waals surface area contributed by atoms with Crippen molar-refractivity contribution in [1.29, 1.82) is 0 Å². The Labute approximate surface area is 147 Å². The van der Waals surface area contributed by atoms with E-state index in [2.05, 4.69) is 20.3 Å². The molecule has 0 saturated heterocycles. The fourth-order valence-corrected chi connectivity index (χ4v) is 3.04. The minimum Gasteiger partial charge on any atom is -0.457 e. The van der Waals surface area contributed by atoms with Gasteiger partial charge in [0.15, 0.2) is 12.4 Å². The summed E-state index contributed by atoms with van der Waals surface area (Å²) in [5.74, 6) is 0.996. The number of hydrogen-bond acceptors (Lipinski definition) is 7. The Morgan fingerprint density at radius 2 is 1.88 bits per heavy atom. The van der Waals surface area contributed by atoms with Crippen LogP contribution in [0.2, 0.25) is 0 Å². The zero-order valence-electron chi connectivity index (χ0n) is 14.1. The predicted octanol–water partition coefficient (Wildman–Crippen LogP) is 3.21.